The molecule has 0 bridgehead atoms. The van der Waals surface area contributed by atoms with E-state index >= 15 is 0 Å². The highest BCUT2D eigenvalue weighted by Gasteiger charge is 2.56. The number of fused-ring (bicyclic) bond motifs is 1. The van der Waals surface area contributed by atoms with Gasteiger partial charge in [-0.2, -0.15) is 10.4 Å². The number of rotatable bonds is 4. The molecule has 2 heterocycles. The molecule has 0 aliphatic carbocycles. The second-order valence-corrected chi connectivity index (χ2v) is 6.80. The number of esters is 1. The average molecular weight is 400 g/mol. The second kappa shape index (κ2) is 7.41. The summed E-state index contributed by atoms with van der Waals surface area (Å²) in [6, 6.07) is 20.4. The number of nitrogens with zero attached hydrogens (tertiary/aromatic N) is 3. The Kier molecular flexibility index (Phi) is 4.76. The normalized spacial score (nSPS) is 17.6. The molecule has 1 unspecified atom stereocenters. The number of aryl methyl sites for hydroxylation is 1. The zero-order chi connectivity index (χ0) is 21.3. The Hall–Kier alpha value is -4.05. The molecule has 0 fully saturated rings. The molecule has 1 aliphatic heterocycles. The first-order valence-electron chi connectivity index (χ1n) is 9.52. The van der Waals surface area contributed by atoms with Crippen molar-refractivity contribution in [1.82, 2.24) is 9.78 Å². The number of benzene rings is 2. The van der Waals surface area contributed by atoms with Gasteiger partial charge < -0.3 is 15.2 Å². The molecule has 1 atom stereocenters. The zero-order valence-electron chi connectivity index (χ0n) is 16.6. The SMILES string of the molecule is CCOC(=O)C1(c2ccccc2)C(C#N)=C(N)Oc2c1c(C)nn2-c1ccccc1. The summed E-state index contributed by atoms with van der Waals surface area (Å²) in [5.74, 6) is -0.470. The molecule has 7 heteroatoms. The van der Waals surface area contributed by atoms with Gasteiger partial charge in [-0.1, -0.05) is 48.5 Å². The number of ether oxygens (including phenoxy) is 2. The van der Waals surface area contributed by atoms with Crippen LogP contribution in [0, 0.1) is 18.3 Å². The Labute approximate surface area is 173 Å². The van der Waals surface area contributed by atoms with E-state index in [1.165, 1.54) is 0 Å². The van der Waals surface area contributed by atoms with Crippen LogP contribution in [0.2, 0.25) is 0 Å². The third-order valence-electron chi connectivity index (χ3n) is 5.12. The lowest BCUT2D eigenvalue weighted by atomic mass is 9.68. The van der Waals surface area contributed by atoms with E-state index in [1.807, 2.05) is 36.4 Å². The van der Waals surface area contributed by atoms with Crippen molar-refractivity contribution in [2.45, 2.75) is 19.3 Å². The minimum atomic E-state index is -1.58. The van der Waals surface area contributed by atoms with Crippen LogP contribution in [-0.2, 0) is 14.9 Å². The molecule has 0 radical (unpaired) electrons. The largest absolute Gasteiger partial charge is 0.465 e. The highest BCUT2D eigenvalue weighted by atomic mass is 16.5. The van der Waals surface area contributed by atoms with Crippen LogP contribution in [-0.4, -0.2) is 22.4 Å². The van der Waals surface area contributed by atoms with Gasteiger partial charge in [0.1, 0.15) is 11.6 Å². The summed E-state index contributed by atoms with van der Waals surface area (Å²) in [5, 5.41) is 14.6. The highest BCUT2D eigenvalue weighted by Crippen LogP contribution is 2.50. The molecule has 4 rings (SSSR count). The number of carbonyl (C=O) groups excluding carboxylic acids is 1. The number of carbonyl (C=O) groups is 1. The Bertz CT molecular complexity index is 1180. The van der Waals surface area contributed by atoms with Crippen molar-refractivity contribution in [1.29, 1.82) is 5.26 Å². The first-order valence-corrected chi connectivity index (χ1v) is 9.52. The molecule has 3 aromatic rings. The maximum absolute atomic E-state index is 13.5. The van der Waals surface area contributed by atoms with Gasteiger partial charge >= 0.3 is 5.97 Å². The van der Waals surface area contributed by atoms with Crippen molar-refractivity contribution in [2.24, 2.45) is 5.73 Å². The summed E-state index contributed by atoms with van der Waals surface area (Å²) in [4.78, 5) is 13.5. The predicted octanol–water partition coefficient (Wildman–Crippen LogP) is 3.12. The minimum Gasteiger partial charge on any atom is -0.465 e. The van der Waals surface area contributed by atoms with Gasteiger partial charge in [0.15, 0.2) is 5.41 Å². The van der Waals surface area contributed by atoms with Gasteiger partial charge in [0.05, 0.1) is 23.6 Å². The summed E-state index contributed by atoms with van der Waals surface area (Å²) in [5.41, 5.74) is 6.87. The summed E-state index contributed by atoms with van der Waals surface area (Å²) < 4.78 is 12.9. The van der Waals surface area contributed by atoms with Crippen LogP contribution in [0.5, 0.6) is 5.88 Å². The number of nitriles is 1. The molecular formula is C23H20N4O3. The van der Waals surface area contributed by atoms with Crippen molar-refractivity contribution in [2.75, 3.05) is 6.61 Å². The van der Waals surface area contributed by atoms with Crippen LogP contribution in [0.1, 0.15) is 23.7 Å². The topological polar surface area (TPSA) is 103 Å². The summed E-state index contributed by atoms with van der Waals surface area (Å²) in [7, 11) is 0. The highest BCUT2D eigenvalue weighted by molar-refractivity contribution is 5.95. The molecular weight excluding hydrogens is 380 g/mol. The number of aromatic nitrogens is 2. The van der Waals surface area contributed by atoms with Crippen molar-refractivity contribution in [3.63, 3.8) is 0 Å². The third kappa shape index (κ3) is 2.65. The fraction of sp³-hybridized carbons (Fsp3) is 0.174. The van der Waals surface area contributed by atoms with Gasteiger partial charge in [-0.3, -0.25) is 4.79 Å². The molecule has 1 aromatic heterocycles. The average Bonchev–Trinajstić information content (AvgIpc) is 3.10. The van der Waals surface area contributed by atoms with Gasteiger partial charge in [-0.15, -0.1) is 0 Å². The molecule has 0 saturated carbocycles. The number of hydrogen-bond donors (Lipinski definition) is 1. The summed E-state index contributed by atoms with van der Waals surface area (Å²) in [6.45, 7) is 3.64. The van der Waals surface area contributed by atoms with E-state index in [4.69, 9.17) is 15.2 Å². The van der Waals surface area contributed by atoms with Crippen LogP contribution in [0.3, 0.4) is 0 Å². The van der Waals surface area contributed by atoms with Crippen LogP contribution < -0.4 is 10.5 Å². The maximum Gasteiger partial charge on any atom is 0.326 e. The maximum atomic E-state index is 13.5. The molecule has 7 nitrogen and oxygen atoms in total. The molecule has 0 amide bonds. The van der Waals surface area contributed by atoms with E-state index in [0.29, 0.717) is 16.8 Å². The van der Waals surface area contributed by atoms with Crippen LogP contribution in [0.15, 0.2) is 72.1 Å². The van der Waals surface area contributed by atoms with E-state index in [2.05, 4.69) is 11.2 Å². The molecule has 2 N–H and O–H groups in total. The molecule has 150 valence electrons. The molecule has 30 heavy (non-hydrogen) atoms. The molecule has 2 aromatic carbocycles. The van der Waals surface area contributed by atoms with Gasteiger partial charge in [0.25, 0.3) is 0 Å². The number of para-hydroxylation sites is 1. The lowest BCUT2D eigenvalue weighted by Gasteiger charge is -2.35. The molecule has 0 saturated heterocycles. The third-order valence-corrected chi connectivity index (χ3v) is 5.12. The van der Waals surface area contributed by atoms with Crippen LogP contribution in [0.25, 0.3) is 5.69 Å². The van der Waals surface area contributed by atoms with Gasteiger partial charge in [0.2, 0.25) is 11.8 Å². The lowest BCUT2D eigenvalue weighted by Crippen LogP contribution is -2.45. The number of hydrogen-bond acceptors (Lipinski definition) is 6. The smallest absolute Gasteiger partial charge is 0.326 e. The summed E-state index contributed by atoms with van der Waals surface area (Å²) in [6.07, 6.45) is 0. The van der Waals surface area contributed by atoms with E-state index < -0.39 is 11.4 Å². The second-order valence-electron chi connectivity index (χ2n) is 6.80. The first kappa shape index (κ1) is 19.3. The first-order chi connectivity index (χ1) is 14.6. The van der Waals surface area contributed by atoms with Crippen molar-refractivity contribution < 1.29 is 14.3 Å². The van der Waals surface area contributed by atoms with Gasteiger partial charge in [-0.25, -0.2) is 4.68 Å². The van der Waals surface area contributed by atoms with Crippen molar-refractivity contribution in [3.05, 3.63) is 88.9 Å². The van der Waals surface area contributed by atoms with Gasteiger partial charge in [0, 0.05) is 0 Å². The predicted molar refractivity (Wildman–Crippen MR) is 110 cm³/mol. The quantitative estimate of drug-likeness (QED) is 0.675. The Morgan fingerprint density at radius 3 is 2.43 bits per heavy atom. The minimum absolute atomic E-state index is 0.0182. The van der Waals surface area contributed by atoms with Crippen molar-refractivity contribution >= 4 is 5.97 Å². The fourth-order valence-corrected chi connectivity index (χ4v) is 3.92. The van der Waals surface area contributed by atoms with E-state index in [-0.39, 0.29) is 23.9 Å². The zero-order valence-corrected chi connectivity index (χ0v) is 16.6. The van der Waals surface area contributed by atoms with Crippen LogP contribution >= 0.6 is 0 Å². The lowest BCUT2D eigenvalue weighted by molar-refractivity contribution is -0.147. The Morgan fingerprint density at radius 2 is 1.83 bits per heavy atom. The molecule has 0 spiro atoms. The Balaban J connectivity index is 2.12. The Morgan fingerprint density at radius 1 is 1.20 bits per heavy atom. The fourth-order valence-electron chi connectivity index (χ4n) is 3.92. The standard InChI is InChI=1S/C23H20N4O3/c1-3-29-22(28)23(16-10-6-4-7-11-16)18(14-24)20(25)30-21-19(23)15(2)26-27(21)17-12-8-5-9-13-17/h4-13H,3,25H2,1-2H3. The van der Waals surface area contributed by atoms with E-state index in [9.17, 15) is 10.1 Å². The van der Waals surface area contributed by atoms with Gasteiger partial charge in [-0.05, 0) is 31.5 Å². The molecule has 1 aliphatic rings. The van der Waals surface area contributed by atoms with Crippen molar-refractivity contribution in [3.8, 4) is 17.6 Å². The van der Waals surface area contributed by atoms with Crippen LogP contribution in [0.4, 0.5) is 0 Å². The number of nitrogens with two attached hydrogens (primary N) is 1. The van der Waals surface area contributed by atoms with E-state index in [1.54, 1.807) is 42.8 Å². The van der Waals surface area contributed by atoms with E-state index in [0.717, 1.165) is 5.69 Å². The monoisotopic (exact) mass is 400 g/mol. The summed E-state index contributed by atoms with van der Waals surface area (Å²) >= 11 is 0.